The third-order valence-electron chi connectivity index (χ3n) is 2.45. The molecule has 0 fully saturated rings. The highest BCUT2D eigenvalue weighted by Gasteiger charge is 2.10. The predicted octanol–water partition coefficient (Wildman–Crippen LogP) is 2.30. The number of nitrogens with one attached hydrogen (secondary N) is 1. The van der Waals surface area contributed by atoms with Crippen LogP contribution < -0.4 is 5.32 Å². The molecule has 0 saturated carbocycles. The van der Waals surface area contributed by atoms with Crippen molar-refractivity contribution in [1.29, 1.82) is 5.26 Å². The van der Waals surface area contributed by atoms with Crippen molar-refractivity contribution < 1.29 is 0 Å². The van der Waals surface area contributed by atoms with E-state index in [1.165, 1.54) is 0 Å². The molecule has 2 nitrogen and oxygen atoms in total. The molecule has 0 aliphatic heterocycles. The zero-order chi connectivity index (χ0) is 11.8. The third-order valence-corrected chi connectivity index (χ3v) is 2.45. The lowest BCUT2D eigenvalue weighted by Crippen LogP contribution is -2.29. The van der Waals surface area contributed by atoms with Crippen LogP contribution in [0.3, 0.4) is 0 Å². The molecular weight excluding hydrogens is 196 g/mol. The summed E-state index contributed by atoms with van der Waals surface area (Å²) in [6, 6.07) is 12.4. The highest BCUT2D eigenvalue weighted by molar-refractivity contribution is 5.25. The number of terminal acetylenes is 1. The summed E-state index contributed by atoms with van der Waals surface area (Å²) in [5.41, 5.74) is 1.05. The summed E-state index contributed by atoms with van der Waals surface area (Å²) in [6.07, 6.45) is 5.91. The standard InChI is InChI=1S/C14H16N2/c1-3-7-12(2)16-11-14(10-15)13-8-5-4-6-9-13/h1,4-6,8-9,12,14,16H,7,11H2,2H3. The number of nitrogens with zero attached hydrogens (tertiary/aromatic N) is 1. The largest absolute Gasteiger partial charge is 0.312 e. The maximum absolute atomic E-state index is 9.09. The minimum Gasteiger partial charge on any atom is -0.312 e. The van der Waals surface area contributed by atoms with E-state index in [9.17, 15) is 0 Å². The van der Waals surface area contributed by atoms with Crippen LogP contribution in [-0.2, 0) is 0 Å². The van der Waals surface area contributed by atoms with E-state index >= 15 is 0 Å². The molecule has 0 amide bonds. The Balaban J connectivity index is 2.52. The van der Waals surface area contributed by atoms with Gasteiger partial charge < -0.3 is 5.32 Å². The van der Waals surface area contributed by atoms with Crippen molar-refractivity contribution in [1.82, 2.24) is 5.32 Å². The van der Waals surface area contributed by atoms with Crippen LogP contribution in [0.25, 0.3) is 0 Å². The number of nitriles is 1. The van der Waals surface area contributed by atoms with Crippen LogP contribution in [0.15, 0.2) is 30.3 Å². The first kappa shape index (κ1) is 12.3. The number of benzene rings is 1. The van der Waals surface area contributed by atoms with Gasteiger partial charge in [0.1, 0.15) is 0 Å². The van der Waals surface area contributed by atoms with Crippen molar-refractivity contribution in [2.45, 2.75) is 25.3 Å². The molecule has 0 bridgehead atoms. The zero-order valence-corrected chi connectivity index (χ0v) is 9.48. The van der Waals surface area contributed by atoms with Gasteiger partial charge in [-0.15, -0.1) is 12.3 Å². The van der Waals surface area contributed by atoms with Crippen LogP contribution in [-0.4, -0.2) is 12.6 Å². The number of hydrogen-bond donors (Lipinski definition) is 1. The first-order valence-electron chi connectivity index (χ1n) is 5.39. The number of hydrogen-bond acceptors (Lipinski definition) is 2. The topological polar surface area (TPSA) is 35.8 Å². The molecule has 0 heterocycles. The second-order valence-corrected chi connectivity index (χ2v) is 3.81. The van der Waals surface area contributed by atoms with Gasteiger partial charge in [-0.2, -0.15) is 5.26 Å². The van der Waals surface area contributed by atoms with E-state index in [4.69, 9.17) is 11.7 Å². The van der Waals surface area contributed by atoms with Crippen molar-refractivity contribution in [3.63, 3.8) is 0 Å². The molecule has 0 saturated heterocycles. The molecular formula is C14H16N2. The van der Waals surface area contributed by atoms with E-state index < -0.39 is 0 Å². The Morgan fingerprint density at radius 2 is 2.06 bits per heavy atom. The van der Waals surface area contributed by atoms with Gasteiger partial charge in [-0.3, -0.25) is 0 Å². The minimum absolute atomic E-state index is 0.110. The fourth-order valence-electron chi connectivity index (χ4n) is 1.49. The molecule has 0 radical (unpaired) electrons. The highest BCUT2D eigenvalue weighted by atomic mass is 14.9. The Kier molecular flexibility index (Phi) is 5.12. The van der Waals surface area contributed by atoms with Crippen LogP contribution in [0, 0.1) is 23.7 Å². The lowest BCUT2D eigenvalue weighted by Gasteiger charge is -2.14. The summed E-state index contributed by atoms with van der Waals surface area (Å²) in [6.45, 7) is 2.67. The average Bonchev–Trinajstić information content (AvgIpc) is 2.31. The zero-order valence-electron chi connectivity index (χ0n) is 9.48. The molecule has 1 rings (SSSR count). The summed E-state index contributed by atoms with van der Waals surface area (Å²) in [7, 11) is 0. The lowest BCUT2D eigenvalue weighted by molar-refractivity contribution is 0.545. The van der Waals surface area contributed by atoms with E-state index in [0.29, 0.717) is 13.0 Å². The molecule has 0 aliphatic rings. The predicted molar refractivity (Wildman–Crippen MR) is 65.7 cm³/mol. The Morgan fingerprint density at radius 3 is 2.62 bits per heavy atom. The van der Waals surface area contributed by atoms with Gasteiger partial charge in [0.15, 0.2) is 0 Å². The van der Waals surface area contributed by atoms with Gasteiger partial charge in [0.2, 0.25) is 0 Å². The molecule has 2 atom stereocenters. The van der Waals surface area contributed by atoms with Crippen molar-refractivity contribution in [3.05, 3.63) is 35.9 Å². The molecule has 2 heteroatoms. The third kappa shape index (κ3) is 3.77. The van der Waals surface area contributed by atoms with Crippen LogP contribution in [0.1, 0.15) is 24.8 Å². The summed E-state index contributed by atoms with van der Waals surface area (Å²) in [5, 5.41) is 12.4. The van der Waals surface area contributed by atoms with Gasteiger partial charge in [-0.25, -0.2) is 0 Å². The van der Waals surface area contributed by atoms with Gasteiger partial charge in [-0.05, 0) is 12.5 Å². The van der Waals surface area contributed by atoms with Gasteiger partial charge in [0.05, 0.1) is 12.0 Å². The van der Waals surface area contributed by atoms with Gasteiger partial charge in [-0.1, -0.05) is 30.3 Å². The average molecular weight is 212 g/mol. The van der Waals surface area contributed by atoms with E-state index in [-0.39, 0.29) is 12.0 Å². The Labute approximate surface area is 97.3 Å². The van der Waals surface area contributed by atoms with E-state index in [1.807, 2.05) is 37.3 Å². The fraction of sp³-hybridized carbons (Fsp3) is 0.357. The van der Waals surface area contributed by atoms with Crippen molar-refractivity contribution in [3.8, 4) is 18.4 Å². The molecule has 16 heavy (non-hydrogen) atoms. The molecule has 2 unspecified atom stereocenters. The molecule has 82 valence electrons. The smallest absolute Gasteiger partial charge is 0.0837 e. The molecule has 1 aromatic rings. The van der Waals surface area contributed by atoms with E-state index in [2.05, 4.69) is 17.3 Å². The first-order valence-corrected chi connectivity index (χ1v) is 5.39. The summed E-state index contributed by atoms with van der Waals surface area (Å²) in [5.74, 6) is 2.49. The van der Waals surface area contributed by atoms with Crippen LogP contribution in [0.4, 0.5) is 0 Å². The van der Waals surface area contributed by atoms with Crippen LogP contribution in [0.2, 0.25) is 0 Å². The Hall–Kier alpha value is -1.77. The van der Waals surface area contributed by atoms with E-state index in [0.717, 1.165) is 5.56 Å². The van der Waals surface area contributed by atoms with Crippen molar-refractivity contribution in [2.75, 3.05) is 6.54 Å². The molecule has 0 aliphatic carbocycles. The normalized spacial score (nSPS) is 13.4. The monoisotopic (exact) mass is 212 g/mol. The Morgan fingerprint density at radius 1 is 1.38 bits per heavy atom. The SMILES string of the molecule is C#CCC(C)NCC(C#N)c1ccccc1. The maximum Gasteiger partial charge on any atom is 0.0837 e. The van der Waals surface area contributed by atoms with Crippen molar-refractivity contribution in [2.24, 2.45) is 0 Å². The van der Waals surface area contributed by atoms with Crippen molar-refractivity contribution >= 4 is 0 Å². The van der Waals surface area contributed by atoms with Gasteiger partial charge >= 0.3 is 0 Å². The summed E-state index contributed by atoms with van der Waals surface area (Å²) < 4.78 is 0. The quantitative estimate of drug-likeness (QED) is 0.760. The van der Waals surface area contributed by atoms with Gasteiger partial charge in [0, 0.05) is 19.0 Å². The molecule has 1 N–H and O–H groups in total. The highest BCUT2D eigenvalue weighted by Crippen LogP contribution is 2.13. The molecule has 0 aromatic heterocycles. The lowest BCUT2D eigenvalue weighted by atomic mass is 10.0. The van der Waals surface area contributed by atoms with Crippen LogP contribution in [0.5, 0.6) is 0 Å². The second kappa shape index (κ2) is 6.67. The first-order chi connectivity index (χ1) is 7.77. The second-order valence-electron chi connectivity index (χ2n) is 3.81. The van der Waals surface area contributed by atoms with E-state index in [1.54, 1.807) is 0 Å². The molecule has 1 aromatic carbocycles. The molecule has 0 spiro atoms. The minimum atomic E-state index is -0.110. The summed E-state index contributed by atoms with van der Waals surface area (Å²) in [4.78, 5) is 0. The summed E-state index contributed by atoms with van der Waals surface area (Å²) >= 11 is 0. The number of rotatable bonds is 5. The van der Waals surface area contributed by atoms with Crippen LogP contribution >= 0.6 is 0 Å². The Bertz CT molecular complexity index is 383. The maximum atomic E-state index is 9.09. The fourth-order valence-corrected chi connectivity index (χ4v) is 1.49. The van der Waals surface area contributed by atoms with Gasteiger partial charge in [0.25, 0.3) is 0 Å².